The third-order valence-corrected chi connectivity index (χ3v) is 1.59. The van der Waals surface area contributed by atoms with Crippen molar-refractivity contribution in [1.82, 2.24) is 4.98 Å². The second kappa shape index (κ2) is 2.36. The van der Waals surface area contributed by atoms with E-state index >= 15 is 0 Å². The summed E-state index contributed by atoms with van der Waals surface area (Å²) in [5, 5.41) is 4.17. The Kier molecular flexibility index (Phi) is 1.36. The molecule has 1 aromatic heterocycles. The lowest BCUT2D eigenvalue weighted by molar-refractivity contribution is 0.986. The van der Waals surface area contributed by atoms with Gasteiger partial charge in [0.1, 0.15) is 0 Å². The minimum Gasteiger partial charge on any atom is -0.665 e. The van der Waals surface area contributed by atoms with Crippen molar-refractivity contribution in [3.63, 3.8) is 0 Å². The van der Waals surface area contributed by atoms with Gasteiger partial charge in [-0.05, 0) is 11.6 Å². The molecule has 0 saturated carbocycles. The van der Waals surface area contributed by atoms with Gasteiger partial charge >= 0.3 is 0 Å². The number of pyridine rings is 1. The number of nitrogens with zero attached hydrogens (tertiary/aromatic N) is 2. The summed E-state index contributed by atoms with van der Waals surface area (Å²) in [6.45, 7) is 0. The van der Waals surface area contributed by atoms with Gasteiger partial charge in [0.25, 0.3) is 0 Å². The zero-order valence-corrected chi connectivity index (χ0v) is 5.94. The first-order valence-electron chi connectivity index (χ1n) is 3.45. The standard InChI is InChI=1S/C8H8N3/c9-8-2-1-6-3-4-10-5-7(6)11-8/h1-5,8H,9H2/q-1. The van der Waals surface area contributed by atoms with Crippen molar-refractivity contribution >= 4 is 11.8 Å². The maximum atomic E-state index is 5.57. The van der Waals surface area contributed by atoms with E-state index in [1.165, 1.54) is 0 Å². The van der Waals surface area contributed by atoms with Crippen LogP contribution in [0.2, 0.25) is 0 Å². The van der Waals surface area contributed by atoms with E-state index in [9.17, 15) is 0 Å². The van der Waals surface area contributed by atoms with Crippen LogP contribution >= 0.6 is 0 Å². The predicted octanol–water partition coefficient (Wildman–Crippen LogP) is 1.40. The Hall–Kier alpha value is -1.35. The number of aromatic nitrogens is 1. The Morgan fingerprint density at radius 3 is 3.36 bits per heavy atom. The molecule has 1 aliphatic rings. The molecule has 0 bridgehead atoms. The highest BCUT2D eigenvalue weighted by atomic mass is 15.0. The van der Waals surface area contributed by atoms with Gasteiger partial charge in [-0.25, -0.2) is 0 Å². The smallest absolute Gasteiger partial charge is 0.0272 e. The van der Waals surface area contributed by atoms with E-state index in [-0.39, 0.29) is 6.17 Å². The summed E-state index contributed by atoms with van der Waals surface area (Å²) in [4.78, 5) is 3.95. The molecule has 0 aromatic carbocycles. The van der Waals surface area contributed by atoms with Crippen LogP contribution in [0.1, 0.15) is 5.56 Å². The highest BCUT2D eigenvalue weighted by Crippen LogP contribution is 2.28. The molecule has 2 heterocycles. The first-order valence-corrected chi connectivity index (χ1v) is 3.45. The molecule has 3 nitrogen and oxygen atoms in total. The van der Waals surface area contributed by atoms with Crippen molar-refractivity contribution in [2.75, 3.05) is 0 Å². The molecule has 0 spiro atoms. The Morgan fingerprint density at radius 1 is 1.55 bits per heavy atom. The van der Waals surface area contributed by atoms with Gasteiger partial charge in [-0.2, -0.15) is 0 Å². The van der Waals surface area contributed by atoms with Gasteiger partial charge in [-0.15, -0.1) is 5.69 Å². The van der Waals surface area contributed by atoms with Crippen molar-refractivity contribution in [3.8, 4) is 0 Å². The first-order chi connectivity index (χ1) is 5.36. The fourth-order valence-electron chi connectivity index (χ4n) is 1.05. The molecular weight excluding hydrogens is 138 g/mol. The van der Waals surface area contributed by atoms with Crippen LogP contribution in [0.25, 0.3) is 11.4 Å². The van der Waals surface area contributed by atoms with E-state index in [0.29, 0.717) is 0 Å². The van der Waals surface area contributed by atoms with Crippen LogP contribution in [0.4, 0.5) is 5.69 Å². The normalized spacial score (nSPS) is 20.6. The molecule has 0 fully saturated rings. The summed E-state index contributed by atoms with van der Waals surface area (Å²) >= 11 is 0. The largest absolute Gasteiger partial charge is 0.665 e. The fraction of sp³-hybridized carbons (Fsp3) is 0.125. The van der Waals surface area contributed by atoms with E-state index in [2.05, 4.69) is 10.3 Å². The number of hydrogen-bond donors (Lipinski definition) is 1. The number of nitrogens with two attached hydrogens (primary N) is 1. The summed E-state index contributed by atoms with van der Waals surface area (Å²) < 4.78 is 0. The molecule has 2 rings (SSSR count). The van der Waals surface area contributed by atoms with Crippen LogP contribution in [-0.2, 0) is 0 Å². The molecular formula is C8H8N3-. The van der Waals surface area contributed by atoms with E-state index in [1.54, 1.807) is 12.4 Å². The second-order valence-corrected chi connectivity index (χ2v) is 2.41. The van der Waals surface area contributed by atoms with Gasteiger partial charge in [0.2, 0.25) is 0 Å². The Labute approximate surface area is 64.9 Å². The third-order valence-electron chi connectivity index (χ3n) is 1.59. The highest BCUT2D eigenvalue weighted by Gasteiger charge is 1.96. The predicted molar refractivity (Wildman–Crippen MR) is 44.3 cm³/mol. The zero-order chi connectivity index (χ0) is 7.68. The molecule has 56 valence electrons. The lowest BCUT2D eigenvalue weighted by Crippen LogP contribution is -2.15. The van der Waals surface area contributed by atoms with Gasteiger partial charge in [-0.3, -0.25) is 4.98 Å². The van der Waals surface area contributed by atoms with Gasteiger partial charge in [-0.1, -0.05) is 18.3 Å². The van der Waals surface area contributed by atoms with Gasteiger partial charge < -0.3 is 11.1 Å². The number of hydrogen-bond acceptors (Lipinski definition) is 2. The van der Waals surface area contributed by atoms with Crippen molar-refractivity contribution in [1.29, 1.82) is 0 Å². The SMILES string of the molecule is NC1C=Cc2ccncc2[N-]1. The minimum atomic E-state index is -0.202. The summed E-state index contributed by atoms with van der Waals surface area (Å²) in [5.41, 5.74) is 7.53. The molecule has 1 aromatic rings. The quantitative estimate of drug-likeness (QED) is 0.601. The van der Waals surface area contributed by atoms with Crippen LogP contribution in [-0.4, -0.2) is 11.1 Å². The first kappa shape index (κ1) is 6.37. The van der Waals surface area contributed by atoms with Gasteiger partial charge in [0, 0.05) is 12.4 Å². The molecule has 0 radical (unpaired) electrons. The summed E-state index contributed by atoms with van der Waals surface area (Å²) in [6.07, 6.45) is 7.09. The van der Waals surface area contributed by atoms with E-state index in [0.717, 1.165) is 11.3 Å². The maximum Gasteiger partial charge on any atom is 0.0272 e. The highest BCUT2D eigenvalue weighted by molar-refractivity contribution is 5.72. The second-order valence-electron chi connectivity index (χ2n) is 2.41. The zero-order valence-electron chi connectivity index (χ0n) is 5.94. The Bertz CT molecular complexity index is 293. The molecule has 11 heavy (non-hydrogen) atoms. The van der Waals surface area contributed by atoms with E-state index in [4.69, 9.17) is 5.73 Å². The maximum absolute atomic E-state index is 5.57. The lowest BCUT2D eigenvalue weighted by atomic mass is 10.1. The molecule has 0 amide bonds. The van der Waals surface area contributed by atoms with Gasteiger partial charge in [0.05, 0.1) is 0 Å². The summed E-state index contributed by atoms with van der Waals surface area (Å²) in [6, 6.07) is 1.92. The van der Waals surface area contributed by atoms with E-state index in [1.807, 2.05) is 18.2 Å². The Balaban J connectivity index is 2.46. The molecule has 0 saturated heterocycles. The Morgan fingerprint density at radius 2 is 2.45 bits per heavy atom. The van der Waals surface area contributed by atoms with Crippen LogP contribution in [0, 0.1) is 0 Å². The average molecular weight is 146 g/mol. The average Bonchev–Trinajstić information content (AvgIpc) is 2.04. The van der Waals surface area contributed by atoms with E-state index < -0.39 is 0 Å². The van der Waals surface area contributed by atoms with Crippen molar-refractivity contribution in [2.45, 2.75) is 6.17 Å². The fourth-order valence-corrected chi connectivity index (χ4v) is 1.05. The van der Waals surface area contributed by atoms with Crippen LogP contribution in [0.15, 0.2) is 24.5 Å². The molecule has 1 atom stereocenters. The molecule has 0 aliphatic carbocycles. The minimum absolute atomic E-state index is 0.202. The lowest BCUT2D eigenvalue weighted by Gasteiger charge is -2.31. The number of fused-ring (bicyclic) bond motifs is 1. The van der Waals surface area contributed by atoms with Gasteiger partial charge in [0.15, 0.2) is 0 Å². The molecule has 1 aliphatic heterocycles. The third kappa shape index (κ3) is 1.10. The van der Waals surface area contributed by atoms with Crippen molar-refractivity contribution in [2.24, 2.45) is 5.73 Å². The summed E-state index contributed by atoms with van der Waals surface area (Å²) in [7, 11) is 0. The van der Waals surface area contributed by atoms with Crippen LogP contribution in [0.3, 0.4) is 0 Å². The molecule has 3 heteroatoms. The molecule has 2 N–H and O–H groups in total. The number of rotatable bonds is 0. The topological polar surface area (TPSA) is 53.0 Å². The van der Waals surface area contributed by atoms with Crippen molar-refractivity contribution < 1.29 is 0 Å². The summed E-state index contributed by atoms with van der Waals surface area (Å²) in [5.74, 6) is 0. The van der Waals surface area contributed by atoms with Crippen LogP contribution in [0.5, 0.6) is 0 Å². The monoisotopic (exact) mass is 146 g/mol. The molecule has 1 unspecified atom stereocenters. The van der Waals surface area contributed by atoms with Crippen molar-refractivity contribution in [3.05, 3.63) is 35.4 Å². The van der Waals surface area contributed by atoms with Crippen LogP contribution < -0.4 is 5.73 Å².